The number of halogens is 3. The molecule has 8 heteroatoms. The van der Waals surface area contributed by atoms with Crippen LogP contribution in [-0.2, 0) is 14.8 Å². The summed E-state index contributed by atoms with van der Waals surface area (Å²) in [6.45, 7) is 2.28. The van der Waals surface area contributed by atoms with Crippen LogP contribution >= 0.6 is 0 Å². The minimum atomic E-state index is -4.55. The summed E-state index contributed by atoms with van der Waals surface area (Å²) in [6.07, 6.45) is -5.52. The quantitative estimate of drug-likeness (QED) is 0.773. The molecule has 1 atom stereocenters. The average Bonchev–Trinajstić information content (AvgIpc) is 2.96. The zero-order valence-corrected chi connectivity index (χ0v) is 11.0. The highest BCUT2D eigenvalue weighted by atomic mass is 32.2. The first-order valence-corrected chi connectivity index (χ1v) is 7.26. The van der Waals surface area contributed by atoms with Crippen molar-refractivity contribution in [1.82, 2.24) is 4.31 Å². The van der Waals surface area contributed by atoms with Crippen LogP contribution in [0.2, 0.25) is 0 Å². The Balaban J connectivity index is 2.22. The van der Waals surface area contributed by atoms with Crippen LogP contribution in [0.4, 0.5) is 13.2 Å². The largest absolute Gasteiger partial charge is 0.415 e. The van der Waals surface area contributed by atoms with E-state index in [0.717, 1.165) is 4.31 Å². The third-order valence-electron chi connectivity index (χ3n) is 3.06. The molecule has 1 heterocycles. The number of ether oxygens (including phenoxy) is 1. The van der Waals surface area contributed by atoms with E-state index in [-0.39, 0.29) is 6.54 Å². The highest BCUT2D eigenvalue weighted by molar-refractivity contribution is 7.90. The predicted molar refractivity (Wildman–Crippen MR) is 58.5 cm³/mol. The van der Waals surface area contributed by atoms with E-state index in [9.17, 15) is 21.6 Å². The second-order valence-electron chi connectivity index (χ2n) is 5.44. The molecule has 1 saturated heterocycles. The first-order valence-electron chi connectivity index (χ1n) is 5.76. The van der Waals surface area contributed by atoms with Gasteiger partial charge in [-0.3, -0.25) is 0 Å². The smallest absolute Gasteiger partial charge is 0.360 e. The number of alkyl halides is 3. The van der Waals surface area contributed by atoms with E-state index in [1.165, 1.54) is 13.8 Å². The molecule has 0 amide bonds. The maximum Gasteiger partial charge on any atom is 0.415 e. The summed E-state index contributed by atoms with van der Waals surface area (Å²) in [5.74, 6) is 0. The van der Waals surface area contributed by atoms with Crippen molar-refractivity contribution in [2.24, 2.45) is 0 Å². The number of sulfonamides is 1. The van der Waals surface area contributed by atoms with Crippen LogP contribution in [0.5, 0.6) is 0 Å². The Labute approximate surface area is 104 Å². The molecule has 1 unspecified atom stereocenters. The van der Waals surface area contributed by atoms with Crippen LogP contribution in [0.3, 0.4) is 0 Å². The first kappa shape index (κ1) is 14.1. The summed E-state index contributed by atoms with van der Waals surface area (Å²) in [5.41, 5.74) is -1.12. The third-order valence-corrected chi connectivity index (χ3v) is 5.37. The van der Waals surface area contributed by atoms with Gasteiger partial charge in [-0.05, 0) is 26.7 Å². The Morgan fingerprint density at radius 1 is 1.28 bits per heavy atom. The van der Waals surface area contributed by atoms with E-state index in [2.05, 4.69) is 0 Å². The molecule has 2 rings (SSSR count). The van der Waals surface area contributed by atoms with Gasteiger partial charge in [0.1, 0.15) is 0 Å². The van der Waals surface area contributed by atoms with Gasteiger partial charge in [0.25, 0.3) is 0 Å². The minimum absolute atomic E-state index is 0.0294. The fourth-order valence-electron chi connectivity index (χ4n) is 2.07. The van der Waals surface area contributed by atoms with Gasteiger partial charge < -0.3 is 4.74 Å². The Bertz CT molecular complexity index is 428. The third kappa shape index (κ3) is 2.80. The normalized spacial score (nSPS) is 30.4. The van der Waals surface area contributed by atoms with Crippen molar-refractivity contribution in [2.45, 2.75) is 49.8 Å². The van der Waals surface area contributed by atoms with Gasteiger partial charge in [0.05, 0.1) is 10.9 Å². The fraction of sp³-hybridized carbons (Fsp3) is 1.00. The summed E-state index contributed by atoms with van der Waals surface area (Å²) < 4.78 is 68.0. The molecule has 1 saturated carbocycles. The van der Waals surface area contributed by atoms with Gasteiger partial charge in [-0.1, -0.05) is 0 Å². The lowest BCUT2D eigenvalue weighted by Gasteiger charge is -2.42. The zero-order chi connectivity index (χ0) is 13.8. The number of hydrogen-bond acceptors (Lipinski definition) is 3. The zero-order valence-electron chi connectivity index (χ0n) is 10.2. The van der Waals surface area contributed by atoms with Crippen LogP contribution in [-0.4, -0.2) is 48.9 Å². The summed E-state index contributed by atoms with van der Waals surface area (Å²) in [6, 6.07) is 0. The van der Waals surface area contributed by atoms with Gasteiger partial charge >= 0.3 is 6.18 Å². The van der Waals surface area contributed by atoms with Gasteiger partial charge in [0.15, 0.2) is 6.10 Å². The number of morpholine rings is 1. The number of nitrogens with zero attached hydrogens (tertiary/aromatic N) is 1. The van der Waals surface area contributed by atoms with E-state index in [4.69, 9.17) is 4.74 Å². The van der Waals surface area contributed by atoms with Crippen LogP contribution in [0, 0.1) is 0 Å². The van der Waals surface area contributed by atoms with Crippen molar-refractivity contribution in [3.63, 3.8) is 0 Å². The molecule has 0 aromatic heterocycles. The maximum atomic E-state index is 12.7. The Hall–Kier alpha value is -0.340. The maximum absolute atomic E-state index is 12.7. The molecule has 0 aromatic rings. The molecule has 0 aromatic carbocycles. The molecule has 106 valence electrons. The molecule has 4 nitrogen and oxygen atoms in total. The lowest BCUT2D eigenvalue weighted by atomic mass is 10.1. The highest BCUT2D eigenvalue weighted by Gasteiger charge is 2.52. The van der Waals surface area contributed by atoms with Crippen LogP contribution < -0.4 is 0 Å². The molecule has 0 spiro atoms. The summed E-state index contributed by atoms with van der Waals surface area (Å²) in [4.78, 5) is 0. The lowest BCUT2D eigenvalue weighted by molar-refractivity contribution is -0.265. The van der Waals surface area contributed by atoms with Crippen molar-refractivity contribution in [2.75, 3.05) is 13.1 Å². The van der Waals surface area contributed by atoms with Gasteiger partial charge in [-0.25, -0.2) is 8.42 Å². The van der Waals surface area contributed by atoms with E-state index >= 15 is 0 Å². The van der Waals surface area contributed by atoms with Crippen molar-refractivity contribution in [1.29, 1.82) is 0 Å². The van der Waals surface area contributed by atoms with Crippen LogP contribution in [0.25, 0.3) is 0 Å². The SMILES string of the molecule is CC1(C)CN(S(=O)(=O)C2CC2)CC(C(F)(F)F)O1. The van der Waals surface area contributed by atoms with Gasteiger partial charge in [0.2, 0.25) is 10.0 Å². The summed E-state index contributed by atoms with van der Waals surface area (Å²) in [5, 5.41) is -0.500. The molecular weight excluding hydrogens is 271 g/mol. The molecular formula is C10H16F3NO3S. The molecule has 2 fully saturated rings. The van der Waals surface area contributed by atoms with E-state index in [0.29, 0.717) is 12.8 Å². The van der Waals surface area contributed by atoms with Crippen molar-refractivity contribution < 1.29 is 26.3 Å². The monoisotopic (exact) mass is 287 g/mol. The van der Waals surface area contributed by atoms with E-state index < -0.39 is 39.7 Å². The summed E-state index contributed by atoms with van der Waals surface area (Å²) in [7, 11) is -3.60. The van der Waals surface area contributed by atoms with Gasteiger partial charge in [-0.2, -0.15) is 17.5 Å². The Morgan fingerprint density at radius 2 is 1.83 bits per heavy atom. The van der Waals surface area contributed by atoms with Crippen molar-refractivity contribution in [3.8, 4) is 0 Å². The Morgan fingerprint density at radius 3 is 2.28 bits per heavy atom. The van der Waals surface area contributed by atoms with Gasteiger partial charge in [0, 0.05) is 13.1 Å². The molecule has 2 aliphatic rings. The van der Waals surface area contributed by atoms with Crippen molar-refractivity contribution >= 4 is 10.0 Å². The van der Waals surface area contributed by atoms with Crippen LogP contribution in [0.1, 0.15) is 26.7 Å². The average molecular weight is 287 g/mol. The molecule has 18 heavy (non-hydrogen) atoms. The number of hydrogen-bond donors (Lipinski definition) is 0. The molecule has 1 aliphatic heterocycles. The first-order chi connectivity index (χ1) is 8.02. The highest BCUT2D eigenvalue weighted by Crippen LogP contribution is 2.37. The standard InChI is InChI=1S/C10H16F3NO3S/c1-9(2)6-14(18(15,16)7-3-4-7)5-8(17-9)10(11,12)13/h7-8H,3-6H2,1-2H3. The van der Waals surface area contributed by atoms with E-state index in [1.807, 2.05) is 0 Å². The molecule has 0 radical (unpaired) electrons. The second-order valence-corrected chi connectivity index (χ2v) is 7.66. The minimum Gasteiger partial charge on any atom is -0.360 e. The number of rotatable bonds is 2. The lowest BCUT2D eigenvalue weighted by Crippen LogP contribution is -2.58. The molecule has 0 bridgehead atoms. The Kier molecular flexibility index (Phi) is 3.19. The molecule has 1 aliphatic carbocycles. The van der Waals surface area contributed by atoms with Gasteiger partial charge in [-0.15, -0.1) is 0 Å². The summed E-state index contributed by atoms with van der Waals surface area (Å²) >= 11 is 0. The fourth-order valence-corrected chi connectivity index (χ4v) is 4.06. The predicted octanol–water partition coefficient (Wildman–Crippen LogP) is 1.52. The van der Waals surface area contributed by atoms with Crippen LogP contribution in [0.15, 0.2) is 0 Å². The second kappa shape index (κ2) is 4.08. The topological polar surface area (TPSA) is 46.6 Å². The van der Waals surface area contributed by atoms with E-state index in [1.54, 1.807) is 0 Å². The molecule has 0 N–H and O–H groups in total. The van der Waals surface area contributed by atoms with Crippen molar-refractivity contribution in [3.05, 3.63) is 0 Å².